The summed E-state index contributed by atoms with van der Waals surface area (Å²) in [4.78, 5) is 0. The average Bonchev–Trinajstić information content (AvgIpc) is 2.10. The van der Waals surface area contributed by atoms with Gasteiger partial charge in [0.1, 0.15) is 5.82 Å². The molecule has 0 aliphatic rings. The second kappa shape index (κ2) is 5.20. The zero-order chi connectivity index (χ0) is 10.6. The summed E-state index contributed by atoms with van der Waals surface area (Å²) >= 11 is 5.64. The lowest BCUT2D eigenvalue weighted by Crippen LogP contribution is -2.04. The Labute approximate surface area is 89.3 Å². The van der Waals surface area contributed by atoms with Crippen molar-refractivity contribution in [1.29, 1.82) is 0 Å². The van der Waals surface area contributed by atoms with Crippen LogP contribution in [0.1, 0.15) is 20.3 Å². The molecular weight excluding hydrogens is 201 g/mol. The minimum atomic E-state index is -0.374. The molecule has 0 bridgehead atoms. The second-order valence-corrected chi connectivity index (χ2v) is 4.15. The maximum absolute atomic E-state index is 12.8. The molecule has 78 valence electrons. The van der Waals surface area contributed by atoms with Gasteiger partial charge < -0.3 is 5.32 Å². The Morgan fingerprint density at radius 1 is 1.43 bits per heavy atom. The van der Waals surface area contributed by atoms with Crippen LogP contribution in [0.5, 0.6) is 0 Å². The topological polar surface area (TPSA) is 12.0 Å². The van der Waals surface area contributed by atoms with E-state index in [9.17, 15) is 4.39 Å². The van der Waals surface area contributed by atoms with Gasteiger partial charge in [-0.1, -0.05) is 25.4 Å². The first-order chi connectivity index (χ1) is 6.59. The van der Waals surface area contributed by atoms with Crippen molar-refractivity contribution in [2.24, 2.45) is 5.92 Å². The molecule has 3 heteroatoms. The number of halogens is 2. The van der Waals surface area contributed by atoms with Gasteiger partial charge in [0.2, 0.25) is 0 Å². The fraction of sp³-hybridized carbons (Fsp3) is 0.455. The summed E-state index contributed by atoms with van der Waals surface area (Å²) in [7, 11) is 0. The highest BCUT2D eigenvalue weighted by Crippen LogP contribution is 2.19. The Morgan fingerprint density at radius 2 is 2.14 bits per heavy atom. The third kappa shape index (κ3) is 3.54. The Balaban J connectivity index is 2.47. The van der Waals surface area contributed by atoms with Gasteiger partial charge in [0.15, 0.2) is 0 Å². The molecule has 0 spiro atoms. The molecule has 1 rings (SSSR count). The lowest BCUT2D eigenvalue weighted by molar-refractivity contribution is 0.607. The minimum absolute atomic E-state index is 0.166. The van der Waals surface area contributed by atoms with Crippen molar-refractivity contribution in [1.82, 2.24) is 0 Å². The summed E-state index contributed by atoms with van der Waals surface area (Å²) in [5.74, 6) is 0.291. The van der Waals surface area contributed by atoms with Crippen LogP contribution < -0.4 is 5.32 Å². The molecule has 0 aliphatic heterocycles. The van der Waals surface area contributed by atoms with Gasteiger partial charge in [-0.3, -0.25) is 0 Å². The van der Waals surface area contributed by atoms with E-state index in [-0.39, 0.29) is 10.8 Å². The fourth-order valence-corrected chi connectivity index (χ4v) is 1.29. The van der Waals surface area contributed by atoms with Crippen LogP contribution in [0.15, 0.2) is 18.2 Å². The molecule has 1 aromatic carbocycles. The lowest BCUT2D eigenvalue weighted by Gasteiger charge is -2.08. The Bertz CT molecular complexity index is 299. The predicted molar refractivity (Wildman–Crippen MR) is 59.4 cm³/mol. The zero-order valence-corrected chi connectivity index (χ0v) is 9.24. The first kappa shape index (κ1) is 11.3. The van der Waals surface area contributed by atoms with Gasteiger partial charge in [-0.15, -0.1) is 0 Å². The number of hydrogen-bond acceptors (Lipinski definition) is 1. The molecule has 0 fully saturated rings. The summed E-state index contributed by atoms with van der Waals surface area (Å²) in [5, 5.41) is 3.36. The Morgan fingerprint density at radius 3 is 2.71 bits per heavy atom. The van der Waals surface area contributed by atoms with E-state index < -0.39 is 0 Å². The van der Waals surface area contributed by atoms with Crippen LogP contribution in [-0.2, 0) is 0 Å². The zero-order valence-electron chi connectivity index (χ0n) is 8.48. The highest BCUT2D eigenvalue weighted by Gasteiger charge is 2.00. The molecule has 0 radical (unpaired) electrons. The van der Waals surface area contributed by atoms with E-state index in [4.69, 9.17) is 11.6 Å². The van der Waals surface area contributed by atoms with Crippen molar-refractivity contribution in [2.45, 2.75) is 20.3 Å². The number of nitrogens with one attached hydrogen (secondary N) is 1. The molecule has 0 saturated heterocycles. The van der Waals surface area contributed by atoms with Gasteiger partial charge in [-0.25, -0.2) is 4.39 Å². The maximum atomic E-state index is 12.8. The van der Waals surface area contributed by atoms with Crippen LogP contribution >= 0.6 is 11.6 Å². The Hall–Kier alpha value is -0.760. The van der Waals surface area contributed by atoms with E-state index >= 15 is 0 Å². The van der Waals surface area contributed by atoms with Crippen LogP contribution in [0, 0.1) is 11.7 Å². The molecule has 0 amide bonds. The number of anilines is 1. The van der Waals surface area contributed by atoms with Gasteiger partial charge in [-0.2, -0.15) is 0 Å². The van der Waals surface area contributed by atoms with E-state index in [1.54, 1.807) is 12.1 Å². The third-order valence-electron chi connectivity index (χ3n) is 1.97. The quantitative estimate of drug-likeness (QED) is 0.803. The summed E-state index contributed by atoms with van der Waals surface area (Å²) in [6, 6.07) is 4.68. The highest BCUT2D eigenvalue weighted by atomic mass is 35.5. The third-order valence-corrected chi connectivity index (χ3v) is 2.26. The summed E-state index contributed by atoms with van der Waals surface area (Å²) in [5.41, 5.74) is 0.872. The molecular formula is C11H15ClFN. The molecule has 0 unspecified atom stereocenters. The van der Waals surface area contributed by atoms with Crippen molar-refractivity contribution in [3.8, 4) is 0 Å². The molecule has 1 N–H and O–H groups in total. The largest absolute Gasteiger partial charge is 0.385 e. The highest BCUT2D eigenvalue weighted by molar-refractivity contribution is 6.31. The van der Waals surface area contributed by atoms with Crippen molar-refractivity contribution >= 4 is 17.3 Å². The maximum Gasteiger partial charge on any atom is 0.141 e. The smallest absolute Gasteiger partial charge is 0.141 e. The standard InChI is InChI=1S/C11H15ClFN/c1-8(2)5-6-14-9-3-4-11(13)10(12)7-9/h3-4,7-8,14H,5-6H2,1-2H3. The monoisotopic (exact) mass is 215 g/mol. The van der Waals surface area contributed by atoms with Gasteiger partial charge >= 0.3 is 0 Å². The van der Waals surface area contributed by atoms with Crippen LogP contribution in [0.2, 0.25) is 5.02 Å². The van der Waals surface area contributed by atoms with Crippen LogP contribution in [0.25, 0.3) is 0 Å². The van der Waals surface area contributed by atoms with Crippen LogP contribution in [-0.4, -0.2) is 6.54 Å². The van der Waals surface area contributed by atoms with E-state index in [1.165, 1.54) is 6.07 Å². The number of rotatable bonds is 4. The molecule has 1 aromatic rings. The van der Waals surface area contributed by atoms with E-state index in [0.29, 0.717) is 5.92 Å². The minimum Gasteiger partial charge on any atom is -0.385 e. The van der Waals surface area contributed by atoms with Crippen LogP contribution in [0.3, 0.4) is 0 Å². The summed E-state index contributed by atoms with van der Waals surface area (Å²) in [6.45, 7) is 5.22. The van der Waals surface area contributed by atoms with E-state index in [0.717, 1.165) is 18.7 Å². The number of benzene rings is 1. The van der Waals surface area contributed by atoms with E-state index in [1.807, 2.05) is 0 Å². The van der Waals surface area contributed by atoms with Gasteiger partial charge in [0.25, 0.3) is 0 Å². The van der Waals surface area contributed by atoms with Crippen molar-refractivity contribution in [3.05, 3.63) is 29.0 Å². The number of hydrogen-bond donors (Lipinski definition) is 1. The van der Waals surface area contributed by atoms with Crippen LogP contribution in [0.4, 0.5) is 10.1 Å². The molecule has 14 heavy (non-hydrogen) atoms. The molecule has 0 saturated carbocycles. The molecule has 1 nitrogen and oxygen atoms in total. The molecule has 0 heterocycles. The molecule has 0 aromatic heterocycles. The molecule has 0 aliphatic carbocycles. The normalized spacial score (nSPS) is 10.6. The predicted octanol–water partition coefficient (Wildman–Crippen LogP) is 3.94. The average molecular weight is 216 g/mol. The van der Waals surface area contributed by atoms with Crippen molar-refractivity contribution in [3.63, 3.8) is 0 Å². The summed E-state index contributed by atoms with van der Waals surface area (Å²) in [6.07, 6.45) is 1.09. The van der Waals surface area contributed by atoms with Gasteiger partial charge in [0, 0.05) is 12.2 Å². The summed E-state index contributed by atoms with van der Waals surface area (Å²) < 4.78 is 12.8. The first-order valence-electron chi connectivity index (χ1n) is 4.78. The second-order valence-electron chi connectivity index (χ2n) is 3.74. The SMILES string of the molecule is CC(C)CCNc1ccc(F)c(Cl)c1. The van der Waals surface area contributed by atoms with Gasteiger partial charge in [-0.05, 0) is 30.5 Å². The fourth-order valence-electron chi connectivity index (χ4n) is 1.11. The lowest BCUT2D eigenvalue weighted by atomic mass is 10.1. The van der Waals surface area contributed by atoms with E-state index in [2.05, 4.69) is 19.2 Å². The van der Waals surface area contributed by atoms with Crippen molar-refractivity contribution < 1.29 is 4.39 Å². The van der Waals surface area contributed by atoms with Gasteiger partial charge in [0.05, 0.1) is 5.02 Å². The van der Waals surface area contributed by atoms with Crippen molar-refractivity contribution in [2.75, 3.05) is 11.9 Å². The Kier molecular flexibility index (Phi) is 4.21. The first-order valence-corrected chi connectivity index (χ1v) is 5.16. The molecule has 0 atom stereocenters.